The van der Waals surface area contributed by atoms with Crippen LogP contribution in [0.2, 0.25) is 0 Å². The molecular formula is C19H15I4NO6S. The Morgan fingerprint density at radius 2 is 1.58 bits per heavy atom. The number of carboxylic acids is 1. The molecule has 0 saturated carbocycles. The summed E-state index contributed by atoms with van der Waals surface area (Å²) in [5, 5.41) is 21.7. The van der Waals surface area contributed by atoms with Crippen molar-refractivity contribution in [2.75, 3.05) is 5.75 Å². The first-order valence-corrected chi connectivity index (χ1v) is 13.8. The molecule has 0 fully saturated rings. The molecule has 0 saturated heterocycles. The summed E-state index contributed by atoms with van der Waals surface area (Å²) in [4.78, 5) is 34.5. The monoisotopic (exact) mass is 893 g/mol. The summed E-state index contributed by atoms with van der Waals surface area (Å²) in [5.74, 6) is -0.375. The molecule has 2 aromatic rings. The van der Waals surface area contributed by atoms with Gasteiger partial charge in [0, 0.05) is 13.3 Å². The number of hydrogen-bond donors (Lipinski definition) is 3. The van der Waals surface area contributed by atoms with Crippen LogP contribution in [-0.2, 0) is 20.8 Å². The maximum absolute atomic E-state index is 11.9. The predicted molar refractivity (Wildman–Crippen MR) is 152 cm³/mol. The van der Waals surface area contributed by atoms with Crippen LogP contribution in [0.5, 0.6) is 17.2 Å². The number of carbonyl (C=O) groups excluding carboxylic acids is 2. The number of carboxylic acid groups (broad SMARTS) is 1. The number of aromatic hydroxyl groups is 1. The lowest BCUT2D eigenvalue weighted by atomic mass is 10.1. The molecule has 2 rings (SSSR count). The van der Waals surface area contributed by atoms with Crippen LogP contribution in [0.25, 0.3) is 0 Å². The highest BCUT2D eigenvalue weighted by atomic mass is 127. The molecule has 0 aliphatic heterocycles. The largest absolute Gasteiger partial charge is 0.506 e. The van der Waals surface area contributed by atoms with Gasteiger partial charge in [0.25, 0.3) is 0 Å². The van der Waals surface area contributed by atoms with Gasteiger partial charge in [-0.15, -0.1) is 0 Å². The fraction of sp³-hybridized carbons (Fsp3) is 0.211. The van der Waals surface area contributed by atoms with E-state index in [1.165, 1.54) is 6.92 Å². The van der Waals surface area contributed by atoms with E-state index < -0.39 is 17.9 Å². The highest BCUT2D eigenvalue weighted by Crippen LogP contribution is 2.37. The fourth-order valence-electron chi connectivity index (χ4n) is 2.39. The van der Waals surface area contributed by atoms with Crippen LogP contribution < -0.4 is 10.1 Å². The zero-order valence-corrected chi connectivity index (χ0v) is 25.2. The Labute approximate surface area is 237 Å². The van der Waals surface area contributed by atoms with E-state index in [1.54, 1.807) is 24.3 Å². The molecule has 0 aliphatic rings. The lowest BCUT2D eigenvalue weighted by molar-refractivity contribution is -0.141. The standard InChI is InChI=1S/C19H15I4NO6S/c1-8(25)31-7-16(26)24-15(19(28)29)4-9-2-13(22)18(14(23)3-9)30-10-5-11(20)17(27)12(21)6-10/h2-3,5-6,15,27H,4,7H2,1H3,(H,24,26)(H,28,29). The number of rotatable bonds is 8. The highest BCUT2D eigenvalue weighted by molar-refractivity contribution is 14.1. The van der Waals surface area contributed by atoms with E-state index in [-0.39, 0.29) is 23.0 Å². The molecule has 0 heterocycles. The van der Waals surface area contributed by atoms with Crippen molar-refractivity contribution in [2.24, 2.45) is 0 Å². The van der Waals surface area contributed by atoms with E-state index in [0.29, 0.717) is 18.6 Å². The lowest BCUT2D eigenvalue weighted by Crippen LogP contribution is -2.43. The molecule has 0 bridgehead atoms. The highest BCUT2D eigenvalue weighted by Gasteiger charge is 2.22. The number of halogens is 4. The van der Waals surface area contributed by atoms with E-state index in [0.717, 1.165) is 24.5 Å². The van der Waals surface area contributed by atoms with E-state index in [9.17, 15) is 24.6 Å². The number of benzene rings is 2. The molecule has 12 heteroatoms. The maximum Gasteiger partial charge on any atom is 0.326 e. The predicted octanol–water partition coefficient (Wildman–Crippen LogP) is 4.99. The number of thioether (sulfide) groups is 1. The smallest absolute Gasteiger partial charge is 0.326 e. The number of phenolic OH excluding ortho intramolecular Hbond substituents is 1. The Morgan fingerprint density at radius 3 is 2.06 bits per heavy atom. The average molecular weight is 893 g/mol. The van der Waals surface area contributed by atoms with Gasteiger partial charge in [-0.25, -0.2) is 4.79 Å². The number of aliphatic carboxylic acids is 1. The third-order valence-corrected chi connectivity index (χ3v) is 7.81. The summed E-state index contributed by atoms with van der Waals surface area (Å²) in [6.07, 6.45) is 0.0904. The fourth-order valence-corrected chi connectivity index (χ4v) is 6.63. The molecule has 2 aromatic carbocycles. The average Bonchev–Trinajstić information content (AvgIpc) is 2.66. The first-order valence-electron chi connectivity index (χ1n) is 8.47. The van der Waals surface area contributed by atoms with Crippen molar-refractivity contribution >= 4 is 119 Å². The van der Waals surface area contributed by atoms with Crippen LogP contribution >= 0.6 is 102 Å². The van der Waals surface area contributed by atoms with Gasteiger partial charge in [-0.1, -0.05) is 11.8 Å². The molecule has 1 unspecified atom stereocenters. The molecule has 0 radical (unpaired) electrons. The number of carbonyl (C=O) groups is 3. The minimum Gasteiger partial charge on any atom is -0.506 e. The van der Waals surface area contributed by atoms with Gasteiger partial charge in [0.15, 0.2) is 10.9 Å². The first-order chi connectivity index (χ1) is 14.5. The van der Waals surface area contributed by atoms with Crippen molar-refractivity contribution in [3.63, 3.8) is 0 Å². The molecule has 1 atom stereocenters. The summed E-state index contributed by atoms with van der Waals surface area (Å²) in [7, 11) is 0. The Hall–Kier alpha value is -0.0800. The minimum absolute atomic E-state index is 0.0904. The van der Waals surface area contributed by atoms with Gasteiger partial charge in [0.1, 0.15) is 17.5 Å². The second kappa shape index (κ2) is 12.4. The summed E-state index contributed by atoms with van der Waals surface area (Å²) in [6, 6.07) is 5.96. The topological polar surface area (TPSA) is 113 Å². The van der Waals surface area contributed by atoms with Gasteiger partial charge in [-0.3, -0.25) is 9.59 Å². The normalized spacial score (nSPS) is 11.6. The minimum atomic E-state index is -1.15. The summed E-state index contributed by atoms with van der Waals surface area (Å²) in [6.45, 7) is 1.35. The van der Waals surface area contributed by atoms with Crippen LogP contribution in [0.4, 0.5) is 0 Å². The van der Waals surface area contributed by atoms with Gasteiger partial charge in [-0.05, 0) is 120 Å². The third-order valence-electron chi connectivity index (χ3n) is 3.75. The Bertz CT molecular complexity index is 986. The van der Waals surface area contributed by atoms with Crippen LogP contribution in [0, 0.1) is 14.3 Å². The van der Waals surface area contributed by atoms with E-state index >= 15 is 0 Å². The van der Waals surface area contributed by atoms with Crippen molar-refractivity contribution in [3.8, 4) is 17.2 Å². The van der Waals surface area contributed by atoms with Crippen LogP contribution in [0.15, 0.2) is 24.3 Å². The maximum atomic E-state index is 11.9. The van der Waals surface area contributed by atoms with Crippen LogP contribution in [-0.4, -0.2) is 39.0 Å². The zero-order chi connectivity index (χ0) is 23.3. The van der Waals surface area contributed by atoms with Crippen molar-refractivity contribution in [2.45, 2.75) is 19.4 Å². The molecule has 1 amide bonds. The molecule has 7 nitrogen and oxygen atoms in total. The molecule has 0 aromatic heterocycles. The van der Waals surface area contributed by atoms with E-state index in [4.69, 9.17) is 4.74 Å². The van der Waals surface area contributed by atoms with Gasteiger partial charge >= 0.3 is 5.97 Å². The molecular weight excluding hydrogens is 878 g/mol. The van der Waals surface area contributed by atoms with Gasteiger partial charge in [0.05, 0.1) is 20.0 Å². The summed E-state index contributed by atoms with van der Waals surface area (Å²) < 4.78 is 8.92. The zero-order valence-electron chi connectivity index (χ0n) is 15.7. The second-order valence-corrected chi connectivity index (χ2v) is 12.0. The Balaban J connectivity index is 2.19. The van der Waals surface area contributed by atoms with Crippen molar-refractivity contribution in [3.05, 3.63) is 44.1 Å². The van der Waals surface area contributed by atoms with Crippen LogP contribution in [0.3, 0.4) is 0 Å². The third kappa shape index (κ3) is 8.33. The molecule has 166 valence electrons. The van der Waals surface area contributed by atoms with Crippen molar-refractivity contribution in [1.29, 1.82) is 0 Å². The molecule has 0 spiro atoms. The Morgan fingerprint density at radius 1 is 1.03 bits per heavy atom. The van der Waals surface area contributed by atoms with Crippen LogP contribution in [0.1, 0.15) is 12.5 Å². The van der Waals surface area contributed by atoms with E-state index in [2.05, 4.69) is 50.5 Å². The number of phenols is 1. The van der Waals surface area contributed by atoms with Gasteiger partial charge in [-0.2, -0.15) is 0 Å². The van der Waals surface area contributed by atoms with E-state index in [1.807, 2.05) is 45.2 Å². The number of amides is 1. The summed E-state index contributed by atoms with van der Waals surface area (Å²) in [5.41, 5.74) is 0.725. The number of hydrogen-bond acceptors (Lipinski definition) is 6. The Kier molecular flexibility index (Phi) is 10.9. The summed E-state index contributed by atoms with van der Waals surface area (Å²) >= 11 is 9.12. The SMILES string of the molecule is CC(=O)SCC(=O)NC(Cc1cc(I)c(Oc2cc(I)c(O)c(I)c2)c(I)c1)C(=O)O. The van der Waals surface area contributed by atoms with Gasteiger partial charge in [0.2, 0.25) is 5.91 Å². The molecule has 31 heavy (non-hydrogen) atoms. The lowest BCUT2D eigenvalue weighted by Gasteiger charge is -2.17. The number of nitrogens with one attached hydrogen (secondary N) is 1. The first kappa shape index (κ1) is 27.2. The van der Waals surface area contributed by atoms with Crippen molar-refractivity contribution in [1.82, 2.24) is 5.32 Å². The molecule has 0 aliphatic carbocycles. The molecule has 3 N–H and O–H groups in total. The second-order valence-electron chi connectivity index (χ2n) is 6.17. The van der Waals surface area contributed by atoms with Crippen molar-refractivity contribution < 1.29 is 29.3 Å². The quantitative estimate of drug-likeness (QED) is 0.321. The van der Waals surface area contributed by atoms with Gasteiger partial charge < -0.3 is 20.3 Å². The number of ether oxygens (including phenoxy) is 1.